The Morgan fingerprint density at radius 2 is 1.61 bits per heavy atom. The molecule has 0 aliphatic carbocycles. The van der Waals surface area contributed by atoms with Gasteiger partial charge in [0.25, 0.3) is 0 Å². The molecule has 2 aromatic rings. The molecule has 0 aliphatic rings. The lowest BCUT2D eigenvalue weighted by molar-refractivity contribution is -0.115. The number of carbonyl (C=O) groups excluding carboxylic acids is 1. The van der Waals surface area contributed by atoms with Gasteiger partial charge in [-0.3, -0.25) is 4.79 Å². The minimum Gasteiger partial charge on any atom is -0.495 e. The van der Waals surface area contributed by atoms with Crippen LogP contribution in [0.5, 0.6) is 17.2 Å². The molecule has 6 nitrogen and oxygen atoms in total. The molecule has 1 amide bonds. The van der Waals surface area contributed by atoms with E-state index in [-0.39, 0.29) is 12.3 Å². The fourth-order valence-corrected chi connectivity index (χ4v) is 2.21. The molecule has 0 heterocycles. The zero-order valence-electron chi connectivity index (χ0n) is 13.4. The van der Waals surface area contributed by atoms with Gasteiger partial charge in [-0.05, 0) is 23.8 Å². The molecule has 2 aromatic carbocycles. The molecule has 2 rings (SSSR count). The van der Waals surface area contributed by atoms with Crippen molar-refractivity contribution in [2.24, 2.45) is 0 Å². The molecule has 0 saturated heterocycles. The minimum atomic E-state index is -0.201. The normalized spacial score (nSPS) is 10.0. The molecule has 23 heavy (non-hydrogen) atoms. The molecule has 0 atom stereocenters. The predicted octanol–water partition coefficient (Wildman–Crippen LogP) is 2.48. The van der Waals surface area contributed by atoms with Crippen molar-refractivity contribution < 1.29 is 19.0 Å². The molecule has 0 bridgehead atoms. The van der Waals surface area contributed by atoms with Crippen molar-refractivity contribution in [3.8, 4) is 17.2 Å². The molecule has 3 N–H and O–H groups in total. The number of para-hydroxylation sites is 2. The number of hydrogen-bond donors (Lipinski definition) is 2. The summed E-state index contributed by atoms with van der Waals surface area (Å²) in [5, 5.41) is 2.81. The zero-order chi connectivity index (χ0) is 16.8. The Morgan fingerprint density at radius 1 is 1.00 bits per heavy atom. The summed E-state index contributed by atoms with van der Waals surface area (Å²) in [6.07, 6.45) is 0.115. The van der Waals surface area contributed by atoms with Gasteiger partial charge in [0.05, 0.1) is 33.4 Å². The lowest BCUT2D eigenvalue weighted by Crippen LogP contribution is -2.16. The van der Waals surface area contributed by atoms with Gasteiger partial charge in [0.1, 0.15) is 5.75 Å². The number of hydrogen-bond acceptors (Lipinski definition) is 5. The van der Waals surface area contributed by atoms with Gasteiger partial charge in [0.15, 0.2) is 11.5 Å². The Morgan fingerprint density at radius 3 is 2.26 bits per heavy atom. The fourth-order valence-electron chi connectivity index (χ4n) is 2.21. The van der Waals surface area contributed by atoms with Gasteiger partial charge in [-0.2, -0.15) is 0 Å². The SMILES string of the molecule is COc1ccccc1NC(=O)Cc1cc(OC)c(OC)cc1N. The number of methoxy groups -OCH3 is 3. The Hall–Kier alpha value is -2.89. The predicted molar refractivity (Wildman–Crippen MR) is 89.3 cm³/mol. The fraction of sp³-hybridized carbons (Fsp3) is 0.235. The largest absolute Gasteiger partial charge is 0.495 e. The number of benzene rings is 2. The van der Waals surface area contributed by atoms with E-state index < -0.39 is 0 Å². The number of carbonyl (C=O) groups is 1. The summed E-state index contributed by atoms with van der Waals surface area (Å²) < 4.78 is 15.6. The first-order valence-electron chi connectivity index (χ1n) is 7.02. The molecule has 0 unspecified atom stereocenters. The van der Waals surface area contributed by atoms with Crippen LogP contribution in [0.2, 0.25) is 0 Å². The van der Waals surface area contributed by atoms with E-state index in [0.717, 1.165) is 0 Å². The zero-order valence-corrected chi connectivity index (χ0v) is 13.4. The lowest BCUT2D eigenvalue weighted by atomic mass is 10.1. The first-order valence-corrected chi connectivity index (χ1v) is 7.02. The highest BCUT2D eigenvalue weighted by molar-refractivity contribution is 5.94. The molecular formula is C17H20N2O4. The molecule has 0 spiro atoms. The van der Waals surface area contributed by atoms with Gasteiger partial charge in [0.2, 0.25) is 5.91 Å². The Labute approximate surface area is 135 Å². The number of nitrogen functional groups attached to an aromatic ring is 1. The lowest BCUT2D eigenvalue weighted by Gasteiger charge is -2.13. The third-order valence-electron chi connectivity index (χ3n) is 3.38. The first kappa shape index (κ1) is 16.5. The van der Waals surface area contributed by atoms with Gasteiger partial charge in [-0.15, -0.1) is 0 Å². The van der Waals surface area contributed by atoms with Crippen LogP contribution in [0.3, 0.4) is 0 Å². The van der Waals surface area contributed by atoms with E-state index in [4.69, 9.17) is 19.9 Å². The van der Waals surface area contributed by atoms with Crippen molar-refractivity contribution in [2.45, 2.75) is 6.42 Å². The average Bonchev–Trinajstić information content (AvgIpc) is 2.56. The summed E-state index contributed by atoms with van der Waals surface area (Å²) in [5.74, 6) is 1.45. The summed E-state index contributed by atoms with van der Waals surface area (Å²) in [6, 6.07) is 10.6. The number of nitrogens with one attached hydrogen (secondary N) is 1. The van der Waals surface area contributed by atoms with E-state index in [1.165, 1.54) is 14.2 Å². The van der Waals surface area contributed by atoms with E-state index in [0.29, 0.717) is 34.2 Å². The van der Waals surface area contributed by atoms with Crippen LogP contribution in [0.4, 0.5) is 11.4 Å². The number of rotatable bonds is 6. The van der Waals surface area contributed by atoms with E-state index >= 15 is 0 Å². The van der Waals surface area contributed by atoms with Crippen molar-refractivity contribution >= 4 is 17.3 Å². The molecule has 0 aliphatic heterocycles. The maximum absolute atomic E-state index is 12.3. The van der Waals surface area contributed by atoms with Crippen LogP contribution in [0, 0.1) is 0 Å². The minimum absolute atomic E-state index is 0.115. The second-order valence-corrected chi connectivity index (χ2v) is 4.83. The van der Waals surface area contributed by atoms with Crippen molar-refractivity contribution in [3.05, 3.63) is 42.0 Å². The molecule has 0 saturated carbocycles. The summed E-state index contributed by atoms with van der Waals surface area (Å²) in [7, 11) is 4.62. The second kappa shape index (κ2) is 7.40. The summed E-state index contributed by atoms with van der Waals surface area (Å²) in [4.78, 5) is 12.3. The summed E-state index contributed by atoms with van der Waals surface area (Å²) in [6.45, 7) is 0. The van der Waals surface area contributed by atoms with Crippen molar-refractivity contribution in [1.29, 1.82) is 0 Å². The van der Waals surface area contributed by atoms with Crippen molar-refractivity contribution in [2.75, 3.05) is 32.4 Å². The topological polar surface area (TPSA) is 82.8 Å². The molecule has 0 radical (unpaired) electrons. The van der Waals surface area contributed by atoms with Gasteiger partial charge in [-0.25, -0.2) is 0 Å². The number of nitrogens with two attached hydrogens (primary N) is 1. The van der Waals surface area contributed by atoms with E-state index in [9.17, 15) is 4.79 Å². The van der Waals surface area contributed by atoms with E-state index in [1.807, 2.05) is 12.1 Å². The van der Waals surface area contributed by atoms with Gasteiger partial charge < -0.3 is 25.3 Å². The van der Waals surface area contributed by atoms with Crippen LogP contribution in [-0.4, -0.2) is 27.2 Å². The maximum atomic E-state index is 12.3. The third kappa shape index (κ3) is 3.85. The molecule has 0 aromatic heterocycles. The maximum Gasteiger partial charge on any atom is 0.228 e. The van der Waals surface area contributed by atoms with E-state index in [1.54, 1.807) is 31.4 Å². The van der Waals surface area contributed by atoms with Crippen LogP contribution in [0.25, 0.3) is 0 Å². The van der Waals surface area contributed by atoms with Crippen LogP contribution in [0.1, 0.15) is 5.56 Å². The number of anilines is 2. The smallest absolute Gasteiger partial charge is 0.228 e. The first-order chi connectivity index (χ1) is 11.1. The quantitative estimate of drug-likeness (QED) is 0.800. The average molecular weight is 316 g/mol. The standard InChI is InChI=1S/C17H20N2O4/c1-21-14-7-5-4-6-13(14)19-17(20)9-11-8-15(22-2)16(23-3)10-12(11)18/h4-8,10H,9,18H2,1-3H3,(H,19,20). The summed E-state index contributed by atoms with van der Waals surface area (Å²) >= 11 is 0. The van der Waals surface area contributed by atoms with Crippen LogP contribution in [0.15, 0.2) is 36.4 Å². The highest BCUT2D eigenvalue weighted by atomic mass is 16.5. The number of amides is 1. The van der Waals surface area contributed by atoms with Crippen molar-refractivity contribution in [3.63, 3.8) is 0 Å². The Balaban J connectivity index is 2.17. The Bertz CT molecular complexity index is 701. The van der Waals surface area contributed by atoms with E-state index in [2.05, 4.69) is 5.32 Å². The summed E-state index contributed by atoms with van der Waals surface area (Å²) in [5.41, 5.74) is 7.72. The van der Waals surface area contributed by atoms with Crippen LogP contribution < -0.4 is 25.3 Å². The monoisotopic (exact) mass is 316 g/mol. The molecule has 6 heteroatoms. The highest BCUT2D eigenvalue weighted by Crippen LogP contribution is 2.32. The third-order valence-corrected chi connectivity index (χ3v) is 3.38. The molecule has 122 valence electrons. The van der Waals surface area contributed by atoms with Gasteiger partial charge in [0, 0.05) is 11.8 Å². The molecule has 0 fully saturated rings. The number of ether oxygens (including phenoxy) is 3. The molecular weight excluding hydrogens is 296 g/mol. The van der Waals surface area contributed by atoms with Crippen molar-refractivity contribution in [1.82, 2.24) is 0 Å². The van der Waals surface area contributed by atoms with Crippen LogP contribution in [-0.2, 0) is 11.2 Å². The Kier molecular flexibility index (Phi) is 5.30. The van der Waals surface area contributed by atoms with Gasteiger partial charge in [-0.1, -0.05) is 12.1 Å². The second-order valence-electron chi connectivity index (χ2n) is 4.83. The van der Waals surface area contributed by atoms with Crippen LogP contribution >= 0.6 is 0 Å². The van der Waals surface area contributed by atoms with Gasteiger partial charge >= 0.3 is 0 Å². The highest BCUT2D eigenvalue weighted by Gasteiger charge is 2.13.